The van der Waals surface area contributed by atoms with E-state index in [1.807, 2.05) is 10.6 Å². The van der Waals surface area contributed by atoms with Crippen molar-refractivity contribution in [3.05, 3.63) is 39.7 Å². The predicted octanol–water partition coefficient (Wildman–Crippen LogP) is 0.924. The number of aromatic nitrogens is 1. The van der Waals surface area contributed by atoms with Crippen LogP contribution in [-0.4, -0.2) is 53.1 Å². The number of anilines is 1. The highest BCUT2D eigenvalue weighted by Crippen LogP contribution is 2.32. The number of benzene rings is 1. The van der Waals surface area contributed by atoms with E-state index < -0.39 is 11.4 Å². The summed E-state index contributed by atoms with van der Waals surface area (Å²) in [5.41, 5.74) is 2.47. The van der Waals surface area contributed by atoms with Crippen molar-refractivity contribution in [1.29, 1.82) is 0 Å². The maximum Gasteiger partial charge on any atom is 0.341 e. The summed E-state index contributed by atoms with van der Waals surface area (Å²) in [6, 6.07) is 3.67. The van der Waals surface area contributed by atoms with Crippen molar-refractivity contribution in [1.82, 2.24) is 9.47 Å². The first-order valence-electron chi connectivity index (χ1n) is 8.47. The molecule has 1 amide bonds. The Morgan fingerprint density at radius 1 is 1.12 bits per heavy atom. The average Bonchev–Trinajstić information content (AvgIpc) is 2.64. The number of amides is 1. The third-order valence-electron chi connectivity index (χ3n) is 5.18. The number of hydrogen-bond donors (Lipinski definition) is 1. The Hall–Kier alpha value is -2.83. The molecule has 7 heteroatoms. The summed E-state index contributed by atoms with van der Waals surface area (Å²) in [6.07, 6.45) is 4.14. The number of carbonyl (C=O) groups is 2. The number of piperazine rings is 1. The molecule has 0 radical (unpaired) electrons. The number of carboxylic acid groups (broad SMARTS) is 1. The van der Waals surface area contributed by atoms with Gasteiger partial charge in [-0.3, -0.25) is 9.59 Å². The number of nitrogens with zero attached hydrogens (tertiary/aromatic N) is 3. The van der Waals surface area contributed by atoms with Gasteiger partial charge in [0.25, 0.3) is 0 Å². The van der Waals surface area contributed by atoms with Crippen LogP contribution < -0.4 is 10.3 Å². The molecule has 0 saturated carbocycles. The molecule has 4 rings (SSSR count). The predicted molar refractivity (Wildman–Crippen MR) is 93.3 cm³/mol. The molecule has 7 nitrogen and oxygen atoms in total. The molecule has 1 fully saturated rings. The highest BCUT2D eigenvalue weighted by atomic mass is 16.4. The largest absolute Gasteiger partial charge is 0.477 e. The summed E-state index contributed by atoms with van der Waals surface area (Å²) in [5.74, 6) is -1.18. The Bertz CT molecular complexity index is 926. The lowest BCUT2D eigenvalue weighted by molar-refractivity contribution is -0.118. The second-order valence-electron chi connectivity index (χ2n) is 6.56. The van der Waals surface area contributed by atoms with Crippen molar-refractivity contribution in [3.8, 4) is 0 Å². The molecule has 2 aliphatic rings. The zero-order valence-electron chi connectivity index (χ0n) is 13.8. The fraction of sp³-hybridized carbons (Fsp3) is 0.389. The van der Waals surface area contributed by atoms with Crippen LogP contribution in [0.1, 0.15) is 22.3 Å². The van der Waals surface area contributed by atoms with E-state index in [0.717, 1.165) is 49.1 Å². The highest BCUT2D eigenvalue weighted by molar-refractivity contribution is 5.95. The molecule has 0 unspecified atom stereocenters. The highest BCUT2D eigenvalue weighted by Gasteiger charge is 2.24. The Balaban J connectivity index is 1.86. The van der Waals surface area contributed by atoms with Gasteiger partial charge in [0.1, 0.15) is 5.56 Å². The summed E-state index contributed by atoms with van der Waals surface area (Å²) >= 11 is 0. The van der Waals surface area contributed by atoms with Gasteiger partial charge in [0.2, 0.25) is 11.8 Å². The standard InChI is InChI=1S/C18H19N3O4/c22-11-19-6-8-20(9-7-19)15-4-3-13-16-12(15)2-1-5-21(16)10-14(17(13)23)18(24)25/h3-4,10-11H,1-2,5-9H2,(H,24,25). The third kappa shape index (κ3) is 2.47. The Morgan fingerprint density at radius 2 is 1.88 bits per heavy atom. The second kappa shape index (κ2) is 5.91. The van der Waals surface area contributed by atoms with Gasteiger partial charge in [0.05, 0.1) is 5.52 Å². The minimum Gasteiger partial charge on any atom is -0.477 e. The van der Waals surface area contributed by atoms with Crippen molar-refractivity contribution in [3.63, 3.8) is 0 Å². The van der Waals surface area contributed by atoms with E-state index in [9.17, 15) is 19.5 Å². The molecule has 3 heterocycles. The lowest BCUT2D eigenvalue weighted by Gasteiger charge is -2.36. The summed E-state index contributed by atoms with van der Waals surface area (Å²) in [7, 11) is 0. The molecule has 2 aromatic rings. The fourth-order valence-corrected chi connectivity index (χ4v) is 3.93. The van der Waals surface area contributed by atoms with E-state index in [1.54, 1.807) is 11.0 Å². The van der Waals surface area contributed by atoms with E-state index in [0.29, 0.717) is 25.0 Å². The minimum absolute atomic E-state index is 0.173. The average molecular weight is 341 g/mol. The van der Waals surface area contributed by atoms with Crippen LogP contribution >= 0.6 is 0 Å². The first-order chi connectivity index (χ1) is 12.1. The molecule has 0 spiro atoms. The summed E-state index contributed by atoms with van der Waals surface area (Å²) in [5, 5.41) is 9.76. The van der Waals surface area contributed by atoms with Crippen molar-refractivity contribution < 1.29 is 14.7 Å². The third-order valence-corrected chi connectivity index (χ3v) is 5.18. The Morgan fingerprint density at radius 3 is 2.56 bits per heavy atom. The van der Waals surface area contributed by atoms with E-state index in [1.165, 1.54) is 6.20 Å². The van der Waals surface area contributed by atoms with Gasteiger partial charge in [0, 0.05) is 50.0 Å². The molecule has 1 aromatic heterocycles. The number of hydrogen-bond acceptors (Lipinski definition) is 4. The van der Waals surface area contributed by atoms with Gasteiger partial charge < -0.3 is 19.5 Å². The van der Waals surface area contributed by atoms with Crippen molar-refractivity contribution in [2.24, 2.45) is 0 Å². The summed E-state index contributed by atoms with van der Waals surface area (Å²) in [6.45, 7) is 3.60. The van der Waals surface area contributed by atoms with Crippen LogP contribution in [0.3, 0.4) is 0 Å². The lowest BCUT2D eigenvalue weighted by atomic mass is 9.97. The maximum atomic E-state index is 12.5. The SMILES string of the molecule is O=CN1CCN(c2ccc3c(=O)c(C(=O)O)cn4c3c2CCC4)CC1. The number of aryl methyl sites for hydroxylation is 2. The van der Waals surface area contributed by atoms with E-state index in [-0.39, 0.29) is 5.56 Å². The van der Waals surface area contributed by atoms with Crippen molar-refractivity contribution in [2.45, 2.75) is 19.4 Å². The number of aromatic carboxylic acids is 1. The van der Waals surface area contributed by atoms with Crippen LogP contribution in [0.15, 0.2) is 23.1 Å². The van der Waals surface area contributed by atoms with Crippen LogP contribution in [0.5, 0.6) is 0 Å². The van der Waals surface area contributed by atoms with Gasteiger partial charge in [-0.2, -0.15) is 0 Å². The zero-order valence-corrected chi connectivity index (χ0v) is 13.8. The second-order valence-corrected chi connectivity index (χ2v) is 6.56. The Kier molecular flexibility index (Phi) is 3.71. The molecule has 0 aliphatic carbocycles. The molecule has 1 saturated heterocycles. The summed E-state index contributed by atoms with van der Waals surface area (Å²) < 4.78 is 1.91. The van der Waals surface area contributed by atoms with E-state index >= 15 is 0 Å². The molecule has 1 aromatic carbocycles. The van der Waals surface area contributed by atoms with Crippen LogP contribution in [0.2, 0.25) is 0 Å². The van der Waals surface area contributed by atoms with Gasteiger partial charge in [-0.15, -0.1) is 0 Å². The van der Waals surface area contributed by atoms with Crippen molar-refractivity contribution in [2.75, 3.05) is 31.1 Å². The molecular weight excluding hydrogens is 322 g/mol. The number of rotatable bonds is 3. The molecular formula is C18H19N3O4. The fourth-order valence-electron chi connectivity index (χ4n) is 3.93. The van der Waals surface area contributed by atoms with Crippen LogP contribution in [0, 0.1) is 0 Å². The zero-order chi connectivity index (χ0) is 17.6. The molecule has 0 bridgehead atoms. The van der Waals surface area contributed by atoms with Crippen LogP contribution in [-0.2, 0) is 17.8 Å². The van der Waals surface area contributed by atoms with Gasteiger partial charge in [-0.1, -0.05) is 0 Å². The first kappa shape index (κ1) is 15.7. The minimum atomic E-state index is -1.18. The molecule has 25 heavy (non-hydrogen) atoms. The molecule has 0 atom stereocenters. The normalized spacial score (nSPS) is 17.0. The van der Waals surface area contributed by atoms with Gasteiger partial charge in [-0.25, -0.2) is 4.79 Å². The van der Waals surface area contributed by atoms with E-state index in [2.05, 4.69) is 4.90 Å². The van der Waals surface area contributed by atoms with Gasteiger partial charge in [-0.05, 0) is 30.5 Å². The molecule has 2 aliphatic heterocycles. The van der Waals surface area contributed by atoms with Crippen LogP contribution in [0.4, 0.5) is 5.69 Å². The maximum absolute atomic E-state index is 12.5. The molecule has 130 valence electrons. The van der Waals surface area contributed by atoms with Gasteiger partial charge >= 0.3 is 5.97 Å². The topological polar surface area (TPSA) is 82.8 Å². The smallest absolute Gasteiger partial charge is 0.341 e. The monoisotopic (exact) mass is 341 g/mol. The number of carbonyl (C=O) groups excluding carboxylic acids is 1. The number of carboxylic acids is 1. The number of pyridine rings is 1. The summed E-state index contributed by atoms with van der Waals surface area (Å²) in [4.78, 5) is 38.8. The van der Waals surface area contributed by atoms with Crippen molar-refractivity contribution >= 4 is 29.0 Å². The van der Waals surface area contributed by atoms with Crippen LogP contribution in [0.25, 0.3) is 10.9 Å². The molecule has 1 N–H and O–H groups in total. The Labute approximate surface area is 144 Å². The lowest BCUT2D eigenvalue weighted by Crippen LogP contribution is -2.46. The van der Waals surface area contributed by atoms with E-state index in [4.69, 9.17) is 0 Å². The quantitative estimate of drug-likeness (QED) is 0.840. The van der Waals surface area contributed by atoms with Gasteiger partial charge in [0.15, 0.2) is 0 Å². The first-order valence-corrected chi connectivity index (χ1v) is 8.47.